The van der Waals surface area contributed by atoms with Crippen LogP contribution >= 0.6 is 11.6 Å². The zero-order valence-corrected chi connectivity index (χ0v) is 13.8. The summed E-state index contributed by atoms with van der Waals surface area (Å²) in [6, 6.07) is 5.54. The van der Waals surface area contributed by atoms with Crippen molar-refractivity contribution in [2.24, 2.45) is 0 Å². The van der Waals surface area contributed by atoms with Crippen LogP contribution in [0.2, 0.25) is 5.02 Å². The molecule has 0 atom stereocenters. The monoisotopic (exact) mass is 318 g/mol. The van der Waals surface area contributed by atoms with Gasteiger partial charge >= 0.3 is 0 Å². The maximum atomic E-state index is 12.0. The van der Waals surface area contributed by atoms with Gasteiger partial charge in [-0.15, -0.1) is 0 Å². The Labute approximate surface area is 135 Å². The first-order valence-electron chi connectivity index (χ1n) is 6.92. The van der Waals surface area contributed by atoms with E-state index in [0.717, 1.165) is 11.3 Å². The van der Waals surface area contributed by atoms with Crippen LogP contribution in [-0.2, 0) is 0 Å². The van der Waals surface area contributed by atoms with Crippen molar-refractivity contribution >= 4 is 29.0 Å². The molecule has 5 nitrogen and oxygen atoms in total. The molecule has 2 N–H and O–H groups in total. The van der Waals surface area contributed by atoms with E-state index in [1.807, 2.05) is 39.8 Å². The summed E-state index contributed by atoms with van der Waals surface area (Å²) in [6.07, 6.45) is 2.99. The minimum atomic E-state index is -0.309. The number of halogens is 1. The van der Waals surface area contributed by atoms with E-state index in [-0.39, 0.29) is 17.1 Å². The number of benzene rings is 1. The molecule has 0 aliphatic carbocycles. The van der Waals surface area contributed by atoms with Gasteiger partial charge in [-0.1, -0.05) is 11.6 Å². The Balaban J connectivity index is 2.10. The molecule has 0 fully saturated rings. The van der Waals surface area contributed by atoms with E-state index in [4.69, 9.17) is 11.6 Å². The van der Waals surface area contributed by atoms with Crippen LogP contribution in [-0.4, -0.2) is 21.4 Å². The van der Waals surface area contributed by atoms with Gasteiger partial charge in [-0.3, -0.25) is 4.79 Å². The summed E-state index contributed by atoms with van der Waals surface area (Å²) in [6.45, 7) is 7.69. The summed E-state index contributed by atoms with van der Waals surface area (Å²) < 4.78 is 0. The van der Waals surface area contributed by atoms with E-state index in [0.29, 0.717) is 10.8 Å². The number of aromatic nitrogens is 2. The molecule has 1 aromatic carbocycles. The minimum absolute atomic E-state index is 0.241. The van der Waals surface area contributed by atoms with Gasteiger partial charge in [0.15, 0.2) is 0 Å². The quantitative estimate of drug-likeness (QED) is 0.905. The van der Waals surface area contributed by atoms with Crippen LogP contribution in [0.1, 0.15) is 36.8 Å². The third kappa shape index (κ3) is 4.43. The average Bonchev–Trinajstić information content (AvgIpc) is 2.41. The molecule has 116 valence electrons. The molecular weight excluding hydrogens is 300 g/mol. The van der Waals surface area contributed by atoms with Gasteiger partial charge in [0.1, 0.15) is 11.5 Å². The highest BCUT2D eigenvalue weighted by atomic mass is 35.5. The summed E-state index contributed by atoms with van der Waals surface area (Å²) in [4.78, 5) is 20.3. The number of amides is 1. The molecule has 0 aliphatic heterocycles. The van der Waals surface area contributed by atoms with Crippen molar-refractivity contribution < 1.29 is 4.79 Å². The van der Waals surface area contributed by atoms with Crippen LogP contribution in [0, 0.1) is 6.92 Å². The van der Waals surface area contributed by atoms with Gasteiger partial charge in [-0.05, 0) is 51.5 Å². The third-order valence-electron chi connectivity index (χ3n) is 2.82. The fourth-order valence-corrected chi connectivity index (χ4v) is 2.05. The number of carbonyl (C=O) groups excluding carboxylic acids is 1. The number of aryl methyl sites for hydroxylation is 1. The molecule has 1 aromatic heterocycles. The van der Waals surface area contributed by atoms with Crippen LogP contribution in [0.5, 0.6) is 0 Å². The number of nitrogens with one attached hydrogen (secondary N) is 2. The summed E-state index contributed by atoms with van der Waals surface area (Å²) in [7, 11) is 0. The highest BCUT2D eigenvalue weighted by molar-refractivity contribution is 6.30. The first kappa shape index (κ1) is 16.2. The van der Waals surface area contributed by atoms with Crippen molar-refractivity contribution in [1.29, 1.82) is 0 Å². The standard InChI is InChI=1S/C16H19ClN4O/c1-10-7-11(17)5-6-12(10)20-14-9-18-13(8-19-14)15(22)21-16(2,3)4/h5-9H,1-4H3,(H,19,20)(H,21,22). The largest absolute Gasteiger partial charge is 0.346 e. The molecule has 0 saturated carbocycles. The van der Waals surface area contributed by atoms with Crippen molar-refractivity contribution in [3.05, 3.63) is 46.9 Å². The molecule has 2 aromatic rings. The van der Waals surface area contributed by atoms with Gasteiger partial charge in [0, 0.05) is 16.2 Å². The lowest BCUT2D eigenvalue weighted by Crippen LogP contribution is -2.40. The zero-order chi connectivity index (χ0) is 16.3. The first-order valence-corrected chi connectivity index (χ1v) is 7.30. The van der Waals surface area contributed by atoms with E-state index in [9.17, 15) is 4.79 Å². The number of hydrogen-bond acceptors (Lipinski definition) is 4. The molecule has 0 aliphatic rings. The molecule has 2 rings (SSSR count). The minimum Gasteiger partial charge on any atom is -0.346 e. The van der Waals surface area contributed by atoms with Gasteiger partial charge in [-0.25, -0.2) is 9.97 Å². The Bertz CT molecular complexity index is 678. The summed E-state index contributed by atoms with van der Waals surface area (Å²) >= 11 is 5.93. The molecular formula is C16H19ClN4O. The molecule has 0 unspecified atom stereocenters. The maximum Gasteiger partial charge on any atom is 0.271 e. The fourth-order valence-electron chi connectivity index (χ4n) is 1.82. The number of anilines is 2. The zero-order valence-electron chi connectivity index (χ0n) is 13.1. The number of hydrogen-bond donors (Lipinski definition) is 2. The Kier molecular flexibility index (Phi) is 4.66. The summed E-state index contributed by atoms with van der Waals surface area (Å²) in [5.74, 6) is 0.326. The lowest BCUT2D eigenvalue weighted by Gasteiger charge is -2.20. The van der Waals surface area contributed by atoms with E-state index in [2.05, 4.69) is 20.6 Å². The molecule has 1 amide bonds. The van der Waals surface area contributed by atoms with Crippen LogP contribution in [0.25, 0.3) is 0 Å². The molecule has 0 spiro atoms. The topological polar surface area (TPSA) is 66.9 Å². The van der Waals surface area contributed by atoms with Crippen molar-refractivity contribution in [3.63, 3.8) is 0 Å². The van der Waals surface area contributed by atoms with Gasteiger partial charge in [0.05, 0.1) is 12.4 Å². The van der Waals surface area contributed by atoms with Crippen molar-refractivity contribution in [3.8, 4) is 0 Å². The van der Waals surface area contributed by atoms with Gasteiger partial charge < -0.3 is 10.6 Å². The van der Waals surface area contributed by atoms with Gasteiger partial charge in [-0.2, -0.15) is 0 Å². The first-order chi connectivity index (χ1) is 10.2. The molecule has 22 heavy (non-hydrogen) atoms. The molecule has 6 heteroatoms. The molecule has 0 bridgehead atoms. The van der Waals surface area contributed by atoms with Crippen molar-refractivity contribution in [2.75, 3.05) is 5.32 Å². The highest BCUT2D eigenvalue weighted by Gasteiger charge is 2.16. The Morgan fingerprint density at radius 2 is 1.91 bits per heavy atom. The summed E-state index contributed by atoms with van der Waals surface area (Å²) in [5, 5.41) is 6.68. The predicted molar refractivity (Wildman–Crippen MR) is 88.7 cm³/mol. The second-order valence-electron chi connectivity index (χ2n) is 6.08. The molecule has 0 saturated heterocycles. The van der Waals surface area contributed by atoms with Gasteiger partial charge in [0.25, 0.3) is 5.91 Å². The number of nitrogens with zero attached hydrogens (tertiary/aromatic N) is 2. The highest BCUT2D eigenvalue weighted by Crippen LogP contribution is 2.22. The second kappa shape index (κ2) is 6.32. The van der Waals surface area contributed by atoms with E-state index >= 15 is 0 Å². The predicted octanol–water partition coefficient (Wildman–Crippen LogP) is 3.71. The van der Waals surface area contributed by atoms with E-state index < -0.39 is 0 Å². The Morgan fingerprint density at radius 1 is 1.18 bits per heavy atom. The number of carbonyl (C=O) groups is 1. The lowest BCUT2D eigenvalue weighted by molar-refractivity contribution is 0.0914. The van der Waals surface area contributed by atoms with Crippen LogP contribution < -0.4 is 10.6 Å². The van der Waals surface area contributed by atoms with E-state index in [1.165, 1.54) is 12.4 Å². The number of rotatable bonds is 3. The second-order valence-corrected chi connectivity index (χ2v) is 6.51. The molecule has 0 radical (unpaired) electrons. The summed E-state index contributed by atoms with van der Waals surface area (Å²) in [5.41, 5.74) is 1.87. The lowest BCUT2D eigenvalue weighted by atomic mass is 10.1. The van der Waals surface area contributed by atoms with Crippen LogP contribution in [0.3, 0.4) is 0 Å². The maximum absolute atomic E-state index is 12.0. The molecule has 1 heterocycles. The smallest absolute Gasteiger partial charge is 0.271 e. The normalized spacial score (nSPS) is 11.1. The fraction of sp³-hybridized carbons (Fsp3) is 0.312. The Morgan fingerprint density at radius 3 is 2.45 bits per heavy atom. The van der Waals surface area contributed by atoms with Crippen LogP contribution in [0.4, 0.5) is 11.5 Å². The SMILES string of the molecule is Cc1cc(Cl)ccc1Nc1cnc(C(=O)NC(C)(C)C)cn1. The third-order valence-corrected chi connectivity index (χ3v) is 3.06. The van der Waals surface area contributed by atoms with E-state index in [1.54, 1.807) is 6.07 Å². The van der Waals surface area contributed by atoms with Crippen molar-refractivity contribution in [1.82, 2.24) is 15.3 Å². The van der Waals surface area contributed by atoms with Gasteiger partial charge in [0.2, 0.25) is 0 Å². The van der Waals surface area contributed by atoms with Crippen LogP contribution in [0.15, 0.2) is 30.6 Å². The van der Waals surface area contributed by atoms with Crippen molar-refractivity contribution in [2.45, 2.75) is 33.2 Å². The average molecular weight is 319 g/mol. The Hall–Kier alpha value is -2.14.